The second-order valence-corrected chi connectivity index (χ2v) is 4.62. The molecule has 1 amide bonds. The van der Waals surface area contributed by atoms with E-state index < -0.39 is 23.0 Å². The number of nitrogens with zero attached hydrogens (tertiary/aromatic N) is 2. The van der Waals surface area contributed by atoms with E-state index >= 15 is 0 Å². The zero-order valence-electron chi connectivity index (χ0n) is 9.69. The summed E-state index contributed by atoms with van der Waals surface area (Å²) < 4.78 is 0. The second-order valence-electron chi connectivity index (χ2n) is 4.24. The molecular weight excluding hydrogens is 276 g/mol. The van der Waals surface area contributed by atoms with Crippen molar-refractivity contribution in [3.8, 4) is 0 Å². The van der Waals surface area contributed by atoms with Crippen molar-refractivity contribution in [1.29, 1.82) is 0 Å². The number of benzene rings is 1. The molecule has 0 unspecified atom stereocenters. The molecule has 1 heterocycles. The zero-order valence-corrected chi connectivity index (χ0v) is 10.4. The number of carbonyl (C=O) groups is 1. The van der Waals surface area contributed by atoms with E-state index in [-0.39, 0.29) is 29.4 Å². The van der Waals surface area contributed by atoms with Crippen LogP contribution in [0.25, 0.3) is 0 Å². The molecule has 0 spiro atoms. The number of amides is 1. The molecule has 1 aliphatic heterocycles. The number of halogens is 1. The van der Waals surface area contributed by atoms with Crippen molar-refractivity contribution in [2.75, 3.05) is 13.1 Å². The Hall–Kier alpha value is -1.70. The molecule has 1 aromatic carbocycles. The third-order valence-corrected chi connectivity index (χ3v) is 3.35. The molecule has 0 aliphatic carbocycles. The fourth-order valence-electron chi connectivity index (χ4n) is 1.93. The summed E-state index contributed by atoms with van der Waals surface area (Å²) in [5.74, 6) is -0.552. The smallest absolute Gasteiger partial charge is 0.288 e. The van der Waals surface area contributed by atoms with Gasteiger partial charge in [0.1, 0.15) is 5.02 Å². The first-order valence-corrected chi connectivity index (χ1v) is 5.88. The summed E-state index contributed by atoms with van der Waals surface area (Å²) >= 11 is 5.84. The maximum Gasteiger partial charge on any atom is 0.288 e. The molecule has 2 rings (SSSR count). The number of nitro benzene ring substituents is 1. The summed E-state index contributed by atoms with van der Waals surface area (Å²) in [5, 5.41) is 29.3. The molecule has 0 bridgehead atoms. The third-order valence-electron chi connectivity index (χ3n) is 2.95. The zero-order chi connectivity index (χ0) is 14.2. The molecule has 0 radical (unpaired) electrons. The first kappa shape index (κ1) is 13.7. The monoisotopic (exact) mass is 286 g/mol. The van der Waals surface area contributed by atoms with Gasteiger partial charge in [-0.1, -0.05) is 17.7 Å². The lowest BCUT2D eigenvalue weighted by atomic mass is 10.1. The van der Waals surface area contributed by atoms with Crippen LogP contribution < -0.4 is 0 Å². The number of carbonyl (C=O) groups excluding carboxylic acids is 1. The summed E-state index contributed by atoms with van der Waals surface area (Å²) in [7, 11) is 0. The van der Waals surface area contributed by atoms with Crippen molar-refractivity contribution in [3.63, 3.8) is 0 Å². The van der Waals surface area contributed by atoms with E-state index in [9.17, 15) is 25.1 Å². The Bertz CT molecular complexity index is 526. The minimum absolute atomic E-state index is 0.0165. The highest BCUT2D eigenvalue weighted by molar-refractivity contribution is 6.35. The van der Waals surface area contributed by atoms with Crippen LogP contribution in [0.15, 0.2) is 18.2 Å². The van der Waals surface area contributed by atoms with E-state index in [0.29, 0.717) is 0 Å². The minimum atomic E-state index is -1.01. The first-order valence-electron chi connectivity index (χ1n) is 5.50. The van der Waals surface area contributed by atoms with Crippen LogP contribution in [-0.4, -0.2) is 51.2 Å². The number of β-amino-alcohol motifs (C(OH)–C–C–N with tert-alkyl or cyclic N) is 2. The molecule has 0 aromatic heterocycles. The van der Waals surface area contributed by atoms with Gasteiger partial charge in [-0.05, 0) is 6.07 Å². The van der Waals surface area contributed by atoms with Gasteiger partial charge < -0.3 is 15.1 Å². The van der Waals surface area contributed by atoms with Crippen molar-refractivity contribution < 1.29 is 19.9 Å². The first-order chi connectivity index (χ1) is 8.91. The summed E-state index contributed by atoms with van der Waals surface area (Å²) in [6.45, 7) is -0.0575. The average molecular weight is 287 g/mol. The van der Waals surface area contributed by atoms with Crippen molar-refractivity contribution in [2.45, 2.75) is 12.2 Å². The van der Waals surface area contributed by atoms with Gasteiger partial charge >= 0.3 is 0 Å². The Balaban J connectivity index is 2.30. The molecule has 7 nitrogen and oxygen atoms in total. The topological polar surface area (TPSA) is 104 Å². The molecule has 1 saturated heterocycles. The van der Waals surface area contributed by atoms with Crippen LogP contribution >= 0.6 is 11.6 Å². The molecular formula is C11H11ClN2O5. The van der Waals surface area contributed by atoms with Crippen LogP contribution in [0.1, 0.15) is 10.4 Å². The minimum Gasteiger partial charge on any atom is -0.388 e. The highest BCUT2D eigenvalue weighted by atomic mass is 35.5. The predicted molar refractivity (Wildman–Crippen MR) is 66.0 cm³/mol. The van der Waals surface area contributed by atoms with Gasteiger partial charge in [-0.3, -0.25) is 14.9 Å². The van der Waals surface area contributed by atoms with Gasteiger partial charge in [0, 0.05) is 19.2 Å². The van der Waals surface area contributed by atoms with Crippen molar-refractivity contribution >= 4 is 23.2 Å². The lowest BCUT2D eigenvalue weighted by Gasteiger charge is -2.15. The average Bonchev–Trinajstić information content (AvgIpc) is 2.69. The van der Waals surface area contributed by atoms with Gasteiger partial charge in [-0.2, -0.15) is 0 Å². The highest BCUT2D eigenvalue weighted by Crippen LogP contribution is 2.29. The maximum absolute atomic E-state index is 12.1. The SMILES string of the molecule is O=C(c1cccc([N+](=O)[O-])c1Cl)N1C[C@@H](O)[C@@H](O)C1. The summed E-state index contributed by atoms with van der Waals surface area (Å²) in [6.07, 6.45) is -2.03. The molecule has 19 heavy (non-hydrogen) atoms. The summed E-state index contributed by atoms with van der Waals surface area (Å²) in [6, 6.07) is 3.93. The molecule has 2 N–H and O–H groups in total. The van der Waals surface area contributed by atoms with Crippen LogP contribution in [0.4, 0.5) is 5.69 Å². The molecule has 1 fully saturated rings. The Morgan fingerprint density at radius 1 is 1.37 bits per heavy atom. The van der Waals surface area contributed by atoms with Crippen LogP contribution in [0, 0.1) is 10.1 Å². The van der Waals surface area contributed by atoms with Crippen LogP contribution in [-0.2, 0) is 0 Å². The van der Waals surface area contributed by atoms with E-state index in [1.165, 1.54) is 23.1 Å². The fraction of sp³-hybridized carbons (Fsp3) is 0.364. The van der Waals surface area contributed by atoms with E-state index in [1.54, 1.807) is 0 Å². The van der Waals surface area contributed by atoms with Gasteiger partial charge in [-0.25, -0.2) is 0 Å². The van der Waals surface area contributed by atoms with Crippen molar-refractivity contribution in [3.05, 3.63) is 38.9 Å². The van der Waals surface area contributed by atoms with Crippen molar-refractivity contribution in [1.82, 2.24) is 4.90 Å². The molecule has 8 heteroatoms. The van der Waals surface area contributed by atoms with Crippen molar-refractivity contribution in [2.24, 2.45) is 0 Å². The lowest BCUT2D eigenvalue weighted by molar-refractivity contribution is -0.384. The van der Waals surface area contributed by atoms with Crippen LogP contribution in [0.5, 0.6) is 0 Å². The molecule has 102 valence electrons. The number of nitro groups is 1. The Kier molecular flexibility index (Phi) is 3.70. The molecule has 0 saturated carbocycles. The molecule has 2 atom stereocenters. The van der Waals surface area contributed by atoms with Gasteiger partial charge in [-0.15, -0.1) is 0 Å². The second kappa shape index (κ2) is 5.12. The van der Waals surface area contributed by atoms with Gasteiger partial charge in [0.2, 0.25) is 0 Å². The lowest BCUT2D eigenvalue weighted by Crippen LogP contribution is -2.30. The highest BCUT2D eigenvalue weighted by Gasteiger charge is 2.34. The maximum atomic E-state index is 12.1. The molecule has 1 aliphatic rings. The third kappa shape index (κ3) is 2.53. The van der Waals surface area contributed by atoms with E-state index in [1.807, 2.05) is 0 Å². The summed E-state index contributed by atoms with van der Waals surface area (Å²) in [5.41, 5.74) is -0.370. The van der Waals surface area contributed by atoms with Crippen LogP contribution in [0.3, 0.4) is 0 Å². The van der Waals surface area contributed by atoms with E-state index in [0.717, 1.165) is 0 Å². The Labute approximate surface area is 113 Å². The normalized spacial score (nSPS) is 22.6. The fourth-order valence-corrected chi connectivity index (χ4v) is 2.21. The Morgan fingerprint density at radius 2 is 1.95 bits per heavy atom. The predicted octanol–water partition coefficient (Wildman–Crippen LogP) is 0.426. The van der Waals surface area contributed by atoms with Gasteiger partial charge in [0.05, 0.1) is 22.7 Å². The number of aliphatic hydroxyl groups excluding tert-OH is 2. The Morgan fingerprint density at radius 3 is 2.47 bits per heavy atom. The van der Waals surface area contributed by atoms with Gasteiger partial charge in [0.25, 0.3) is 11.6 Å². The number of hydrogen-bond donors (Lipinski definition) is 2. The largest absolute Gasteiger partial charge is 0.388 e. The number of likely N-dealkylation sites (tertiary alicyclic amines) is 1. The number of aliphatic hydroxyl groups is 2. The standard InChI is InChI=1S/C11H11ClN2O5/c12-10-6(2-1-3-7(10)14(18)19)11(17)13-4-8(15)9(16)5-13/h1-3,8-9,15-16H,4-5H2/t8-,9+. The summed E-state index contributed by atoms with van der Waals surface area (Å²) in [4.78, 5) is 23.4. The van der Waals surface area contributed by atoms with Gasteiger partial charge in [0.15, 0.2) is 0 Å². The number of hydrogen-bond acceptors (Lipinski definition) is 5. The quantitative estimate of drug-likeness (QED) is 0.606. The number of rotatable bonds is 2. The molecule has 1 aromatic rings. The van der Waals surface area contributed by atoms with E-state index in [4.69, 9.17) is 11.6 Å². The van der Waals surface area contributed by atoms with E-state index in [2.05, 4.69) is 0 Å². The van der Waals surface area contributed by atoms with Crippen LogP contribution in [0.2, 0.25) is 5.02 Å².